The molecule has 2 fully saturated rings. The molecule has 0 unspecified atom stereocenters. The zero-order valence-electron chi connectivity index (χ0n) is 22.9. The second-order valence-corrected chi connectivity index (χ2v) is 10.8. The van der Waals surface area contributed by atoms with E-state index in [1.807, 2.05) is 36.2 Å². The molecule has 0 bridgehead atoms. The van der Waals surface area contributed by atoms with E-state index in [4.69, 9.17) is 15.2 Å². The molecule has 4 rings (SSSR count). The maximum Gasteiger partial charge on any atom is 0.404 e. The monoisotopic (exact) mass is 522 g/mol. The number of amides is 2. The Morgan fingerprint density at radius 1 is 1.13 bits per heavy atom. The number of primary amides is 1. The number of nitrogens with two attached hydrogens (primary N) is 1. The summed E-state index contributed by atoms with van der Waals surface area (Å²) in [6.45, 7) is 8.72. The van der Waals surface area contributed by atoms with Crippen molar-refractivity contribution in [2.75, 3.05) is 38.2 Å². The Morgan fingerprint density at radius 3 is 2.63 bits per heavy atom. The lowest BCUT2D eigenvalue weighted by molar-refractivity contribution is -0.123. The number of anilines is 1. The van der Waals surface area contributed by atoms with E-state index in [0.29, 0.717) is 12.5 Å². The lowest BCUT2D eigenvalue weighted by Gasteiger charge is -2.32. The van der Waals surface area contributed by atoms with Crippen LogP contribution in [0.5, 0.6) is 5.75 Å². The first kappa shape index (κ1) is 27.9. The number of nitrogens with one attached hydrogen (secondary N) is 1. The van der Waals surface area contributed by atoms with Crippen molar-refractivity contribution in [1.82, 2.24) is 10.2 Å². The molecule has 2 aromatic rings. The van der Waals surface area contributed by atoms with E-state index in [2.05, 4.69) is 42.3 Å². The molecule has 1 heterocycles. The van der Waals surface area contributed by atoms with E-state index in [-0.39, 0.29) is 24.5 Å². The SMILES string of the molecule is Cc1cc(N(C)C(=O)C2CCC(Oc3cccc(CCOC(N)=O)c3)CC2)ccc1CN1CCN[C@@H](C)C1. The van der Waals surface area contributed by atoms with Gasteiger partial charge in [0, 0.05) is 57.3 Å². The first-order valence-corrected chi connectivity index (χ1v) is 13.8. The third-order valence-corrected chi connectivity index (χ3v) is 7.75. The summed E-state index contributed by atoms with van der Waals surface area (Å²) < 4.78 is 11.1. The minimum atomic E-state index is -0.762. The largest absolute Gasteiger partial charge is 0.490 e. The normalized spacial score (nSPS) is 22.0. The van der Waals surface area contributed by atoms with Crippen molar-refractivity contribution in [2.24, 2.45) is 11.7 Å². The molecule has 2 aromatic carbocycles. The molecule has 1 atom stereocenters. The molecule has 8 heteroatoms. The summed E-state index contributed by atoms with van der Waals surface area (Å²) in [6, 6.07) is 14.8. The van der Waals surface area contributed by atoms with E-state index in [0.717, 1.165) is 68.9 Å². The summed E-state index contributed by atoms with van der Waals surface area (Å²) in [5.74, 6) is 1.00. The average Bonchev–Trinajstić information content (AvgIpc) is 2.89. The average molecular weight is 523 g/mol. The predicted molar refractivity (Wildman–Crippen MR) is 149 cm³/mol. The molecular formula is C30H42N4O4. The van der Waals surface area contributed by atoms with Crippen molar-refractivity contribution in [3.05, 3.63) is 59.2 Å². The molecular weight excluding hydrogens is 480 g/mol. The van der Waals surface area contributed by atoms with Gasteiger partial charge < -0.3 is 25.4 Å². The van der Waals surface area contributed by atoms with Crippen molar-refractivity contribution in [3.8, 4) is 5.75 Å². The van der Waals surface area contributed by atoms with Crippen LogP contribution in [-0.2, 0) is 22.5 Å². The van der Waals surface area contributed by atoms with Crippen LogP contribution in [0.25, 0.3) is 0 Å². The van der Waals surface area contributed by atoms with Crippen LogP contribution < -0.4 is 20.7 Å². The highest BCUT2D eigenvalue weighted by molar-refractivity contribution is 5.94. The number of benzene rings is 2. The number of hydrogen-bond donors (Lipinski definition) is 2. The van der Waals surface area contributed by atoms with Gasteiger partial charge in [-0.1, -0.05) is 18.2 Å². The number of rotatable bonds is 9. The Kier molecular flexibility index (Phi) is 9.63. The molecule has 1 saturated heterocycles. The fourth-order valence-corrected chi connectivity index (χ4v) is 5.53. The minimum absolute atomic E-state index is 0.0134. The zero-order chi connectivity index (χ0) is 27.1. The Balaban J connectivity index is 1.26. The van der Waals surface area contributed by atoms with Crippen LogP contribution in [0.15, 0.2) is 42.5 Å². The smallest absolute Gasteiger partial charge is 0.404 e. The van der Waals surface area contributed by atoms with Gasteiger partial charge in [-0.25, -0.2) is 4.79 Å². The van der Waals surface area contributed by atoms with Crippen LogP contribution in [0.1, 0.15) is 49.3 Å². The Morgan fingerprint density at radius 2 is 1.92 bits per heavy atom. The third-order valence-electron chi connectivity index (χ3n) is 7.75. The minimum Gasteiger partial charge on any atom is -0.490 e. The highest BCUT2D eigenvalue weighted by atomic mass is 16.5. The van der Waals surface area contributed by atoms with Crippen LogP contribution in [0.4, 0.5) is 10.5 Å². The number of aryl methyl sites for hydroxylation is 1. The first-order valence-electron chi connectivity index (χ1n) is 13.8. The van der Waals surface area contributed by atoms with E-state index in [1.165, 1.54) is 11.1 Å². The van der Waals surface area contributed by atoms with Crippen LogP contribution in [0.3, 0.4) is 0 Å². The maximum absolute atomic E-state index is 13.3. The van der Waals surface area contributed by atoms with E-state index >= 15 is 0 Å². The summed E-state index contributed by atoms with van der Waals surface area (Å²) in [5.41, 5.74) is 9.57. The van der Waals surface area contributed by atoms with E-state index in [1.54, 1.807) is 0 Å². The van der Waals surface area contributed by atoms with Gasteiger partial charge in [0.05, 0.1) is 12.7 Å². The van der Waals surface area contributed by atoms with Crippen LogP contribution in [0, 0.1) is 12.8 Å². The van der Waals surface area contributed by atoms with Gasteiger partial charge >= 0.3 is 6.09 Å². The number of ether oxygens (including phenoxy) is 2. The van der Waals surface area contributed by atoms with Crippen molar-refractivity contribution in [2.45, 2.75) is 64.6 Å². The quantitative estimate of drug-likeness (QED) is 0.516. The zero-order valence-corrected chi connectivity index (χ0v) is 22.9. The second kappa shape index (κ2) is 13.1. The van der Waals surface area contributed by atoms with Crippen molar-refractivity contribution >= 4 is 17.7 Å². The molecule has 0 spiro atoms. The van der Waals surface area contributed by atoms with E-state index < -0.39 is 6.09 Å². The molecule has 3 N–H and O–H groups in total. The molecule has 1 aliphatic heterocycles. The second-order valence-electron chi connectivity index (χ2n) is 10.8. The third kappa shape index (κ3) is 7.71. The summed E-state index contributed by atoms with van der Waals surface area (Å²) in [7, 11) is 1.89. The van der Waals surface area contributed by atoms with Crippen molar-refractivity contribution in [3.63, 3.8) is 0 Å². The number of carbonyl (C=O) groups excluding carboxylic acids is 2. The van der Waals surface area contributed by atoms with E-state index in [9.17, 15) is 9.59 Å². The van der Waals surface area contributed by atoms with Gasteiger partial charge in [0.1, 0.15) is 5.75 Å². The standard InChI is InChI=1S/C30H42N4O4/c1-21-17-26(10-7-25(21)20-34-15-14-32-22(2)19-34)33(3)29(35)24-8-11-27(12-9-24)38-28-6-4-5-23(18-28)13-16-37-30(31)36/h4-7,10,17-18,22,24,27,32H,8-9,11-16,19-20H2,1-3H3,(H2,31,36)/t22-,24?,27?/m0/s1. The highest BCUT2D eigenvalue weighted by Crippen LogP contribution is 2.31. The van der Waals surface area contributed by atoms with Crippen LogP contribution >= 0.6 is 0 Å². The van der Waals surface area contributed by atoms with Crippen LogP contribution in [0.2, 0.25) is 0 Å². The molecule has 2 aliphatic rings. The predicted octanol–water partition coefficient (Wildman–Crippen LogP) is 4.03. The van der Waals surface area contributed by atoms with Gasteiger partial charge in [-0.15, -0.1) is 0 Å². The van der Waals surface area contributed by atoms with Crippen molar-refractivity contribution < 1.29 is 19.1 Å². The maximum atomic E-state index is 13.3. The molecule has 1 saturated carbocycles. The summed E-state index contributed by atoms with van der Waals surface area (Å²) in [6.07, 6.45) is 3.25. The fourth-order valence-electron chi connectivity index (χ4n) is 5.53. The Hall–Kier alpha value is -3.10. The lowest BCUT2D eigenvalue weighted by atomic mass is 9.86. The fraction of sp³-hybridized carbons (Fsp3) is 0.533. The molecule has 38 heavy (non-hydrogen) atoms. The van der Waals surface area contributed by atoms with Gasteiger partial charge in [-0.05, 0) is 80.5 Å². The Bertz CT molecular complexity index is 1100. The number of carbonyl (C=O) groups is 2. The summed E-state index contributed by atoms with van der Waals surface area (Å²) >= 11 is 0. The van der Waals surface area contributed by atoms with Gasteiger partial charge in [-0.3, -0.25) is 9.69 Å². The van der Waals surface area contributed by atoms with Gasteiger partial charge in [-0.2, -0.15) is 0 Å². The first-order chi connectivity index (χ1) is 18.3. The molecule has 2 amide bonds. The highest BCUT2D eigenvalue weighted by Gasteiger charge is 2.30. The van der Waals surface area contributed by atoms with Gasteiger partial charge in [0.2, 0.25) is 5.91 Å². The number of hydrogen-bond acceptors (Lipinski definition) is 6. The molecule has 0 aromatic heterocycles. The summed E-state index contributed by atoms with van der Waals surface area (Å²) in [4.78, 5) is 28.4. The van der Waals surface area contributed by atoms with Crippen LogP contribution in [-0.4, -0.2) is 62.3 Å². The van der Waals surface area contributed by atoms with Gasteiger partial charge in [0.25, 0.3) is 0 Å². The summed E-state index contributed by atoms with van der Waals surface area (Å²) in [5, 5.41) is 3.50. The van der Waals surface area contributed by atoms with Crippen molar-refractivity contribution in [1.29, 1.82) is 0 Å². The Labute approximate surface area is 226 Å². The lowest BCUT2D eigenvalue weighted by Crippen LogP contribution is -2.48. The molecule has 1 aliphatic carbocycles. The molecule has 206 valence electrons. The topological polar surface area (TPSA) is 97.1 Å². The van der Waals surface area contributed by atoms with Gasteiger partial charge in [0.15, 0.2) is 0 Å². The molecule has 0 radical (unpaired) electrons. The molecule has 8 nitrogen and oxygen atoms in total. The number of nitrogens with zero attached hydrogens (tertiary/aromatic N) is 2. The number of piperazine rings is 1.